The third-order valence-electron chi connectivity index (χ3n) is 0.401. The second-order valence-corrected chi connectivity index (χ2v) is 16.9. The van der Waals surface area contributed by atoms with E-state index in [1.165, 1.54) is 4.16 Å². The number of hydrogen-bond donors (Lipinski definition) is 0. The van der Waals surface area contributed by atoms with E-state index in [1.807, 2.05) is 0 Å². The average Bonchev–Trinajstić information content (AvgIpc) is 1.35. The van der Waals surface area contributed by atoms with Gasteiger partial charge < -0.3 is 0 Å². The van der Waals surface area contributed by atoms with Crippen LogP contribution in [0, 0.1) is 0 Å². The van der Waals surface area contributed by atoms with E-state index in [-0.39, 0.29) is 0 Å². The standard InChI is InChI=1S/C4H11BrGe/c1-6(2,3)4-5/h4H2,1-3H3. The first-order valence-corrected chi connectivity index (χ1v) is 11.0. The van der Waals surface area contributed by atoms with Crippen LogP contribution in [0.25, 0.3) is 0 Å². The van der Waals surface area contributed by atoms with Crippen LogP contribution < -0.4 is 0 Å². The zero-order valence-corrected chi connectivity index (χ0v) is 8.27. The van der Waals surface area contributed by atoms with Gasteiger partial charge in [-0.25, -0.2) is 0 Å². The molecule has 0 atom stereocenters. The van der Waals surface area contributed by atoms with Crippen molar-refractivity contribution in [2.24, 2.45) is 0 Å². The molecular formula is C4H11BrGe. The number of rotatable bonds is 1. The van der Waals surface area contributed by atoms with Crippen molar-refractivity contribution < 1.29 is 0 Å². The van der Waals surface area contributed by atoms with Crippen molar-refractivity contribution in [2.75, 3.05) is 4.16 Å². The van der Waals surface area contributed by atoms with Crippen LogP contribution in [-0.4, -0.2) is 17.4 Å². The summed E-state index contributed by atoms with van der Waals surface area (Å²) in [4.78, 5) is 0. The van der Waals surface area contributed by atoms with E-state index in [0.717, 1.165) is 0 Å². The second kappa shape index (κ2) is 2.36. The van der Waals surface area contributed by atoms with Gasteiger partial charge in [0.25, 0.3) is 0 Å². The van der Waals surface area contributed by atoms with Crippen LogP contribution in [0.15, 0.2) is 0 Å². The van der Waals surface area contributed by atoms with Crippen LogP contribution in [0.5, 0.6) is 0 Å². The molecule has 0 heterocycles. The van der Waals surface area contributed by atoms with Crippen LogP contribution in [-0.2, 0) is 0 Å². The molecule has 0 fully saturated rings. The molecule has 0 saturated carbocycles. The van der Waals surface area contributed by atoms with Crippen molar-refractivity contribution in [2.45, 2.75) is 17.3 Å². The molecule has 38 valence electrons. The minimum absolute atomic E-state index is 1.12. The fraction of sp³-hybridized carbons (Fsp3) is 1.00. The van der Waals surface area contributed by atoms with Crippen LogP contribution in [0.1, 0.15) is 0 Å². The molecule has 0 amide bonds. The SMILES string of the molecule is [CH3][Ge]([CH3])([CH3])[CH2]Br. The van der Waals surface area contributed by atoms with E-state index in [1.54, 1.807) is 0 Å². The summed E-state index contributed by atoms with van der Waals surface area (Å²) < 4.78 is 1.27. The first-order chi connectivity index (χ1) is 2.56. The molecule has 0 radical (unpaired) electrons. The van der Waals surface area contributed by atoms with Crippen molar-refractivity contribution in [3.63, 3.8) is 0 Å². The van der Waals surface area contributed by atoms with E-state index < -0.39 is 13.3 Å². The Kier molecular flexibility index (Phi) is 2.76. The van der Waals surface area contributed by atoms with E-state index in [2.05, 4.69) is 33.2 Å². The average molecular weight is 212 g/mol. The van der Waals surface area contributed by atoms with Crippen molar-refractivity contribution in [1.82, 2.24) is 0 Å². The van der Waals surface area contributed by atoms with Crippen molar-refractivity contribution in [3.8, 4) is 0 Å². The number of alkyl halides is 1. The van der Waals surface area contributed by atoms with Crippen LogP contribution in [0.3, 0.4) is 0 Å². The third-order valence-corrected chi connectivity index (χ3v) is 10.8. The van der Waals surface area contributed by atoms with Gasteiger partial charge in [0.1, 0.15) is 0 Å². The zero-order chi connectivity index (χ0) is 5.21. The summed E-state index contributed by atoms with van der Waals surface area (Å²) in [6, 6.07) is 0. The molecule has 2 heteroatoms. The molecule has 0 aromatic rings. The summed E-state index contributed by atoms with van der Waals surface area (Å²) in [5, 5.41) is 0. The molecule has 0 nitrogen and oxygen atoms in total. The Balaban J connectivity index is 3.17. The Morgan fingerprint density at radius 3 is 1.50 bits per heavy atom. The summed E-state index contributed by atoms with van der Waals surface area (Å²) in [5.74, 6) is 7.15. The molecule has 0 spiro atoms. The van der Waals surface area contributed by atoms with Crippen LogP contribution in [0.2, 0.25) is 17.3 Å². The molecule has 0 aromatic heterocycles. The van der Waals surface area contributed by atoms with Gasteiger partial charge in [0.2, 0.25) is 0 Å². The number of halogens is 1. The zero-order valence-electron chi connectivity index (χ0n) is 4.59. The molecule has 6 heavy (non-hydrogen) atoms. The molecule has 0 aromatic carbocycles. The maximum atomic E-state index is 3.45. The fourth-order valence-electron chi connectivity index (χ4n) is 0. The van der Waals surface area contributed by atoms with Gasteiger partial charge in [-0.05, 0) is 0 Å². The van der Waals surface area contributed by atoms with Gasteiger partial charge >= 0.3 is 50.6 Å². The molecule has 0 unspecified atom stereocenters. The summed E-state index contributed by atoms with van der Waals surface area (Å²) in [6.45, 7) is 0. The third kappa shape index (κ3) is 5.02. The predicted octanol–water partition coefficient (Wildman–Crippen LogP) is 2.26. The predicted molar refractivity (Wildman–Crippen MR) is 37.1 cm³/mol. The minimum atomic E-state index is -1.12. The summed E-state index contributed by atoms with van der Waals surface area (Å²) in [5.41, 5.74) is 0. The molecule has 0 rings (SSSR count). The van der Waals surface area contributed by atoms with Gasteiger partial charge in [-0.3, -0.25) is 0 Å². The fourth-order valence-corrected chi connectivity index (χ4v) is 0. The van der Waals surface area contributed by atoms with Crippen molar-refractivity contribution in [3.05, 3.63) is 0 Å². The number of hydrogen-bond acceptors (Lipinski definition) is 0. The Labute approximate surface area is 50.8 Å². The van der Waals surface area contributed by atoms with Gasteiger partial charge in [0.05, 0.1) is 0 Å². The van der Waals surface area contributed by atoms with Crippen LogP contribution in [0.4, 0.5) is 0 Å². The van der Waals surface area contributed by atoms with Crippen molar-refractivity contribution in [1.29, 1.82) is 0 Å². The van der Waals surface area contributed by atoms with E-state index in [4.69, 9.17) is 0 Å². The van der Waals surface area contributed by atoms with Crippen LogP contribution >= 0.6 is 15.9 Å². The van der Waals surface area contributed by atoms with Gasteiger partial charge in [0.15, 0.2) is 0 Å². The van der Waals surface area contributed by atoms with E-state index in [9.17, 15) is 0 Å². The second-order valence-electron chi connectivity index (χ2n) is 2.69. The quantitative estimate of drug-likeness (QED) is 0.461. The summed E-state index contributed by atoms with van der Waals surface area (Å²) >= 11 is 2.33. The molecule has 0 N–H and O–H groups in total. The molecular weight excluding hydrogens is 201 g/mol. The Hall–Kier alpha value is 1.02. The molecule has 0 aliphatic rings. The molecule has 0 saturated heterocycles. The molecule has 0 bridgehead atoms. The summed E-state index contributed by atoms with van der Waals surface area (Å²) in [6.07, 6.45) is 0. The van der Waals surface area contributed by atoms with Crippen molar-refractivity contribution >= 4 is 29.2 Å². The van der Waals surface area contributed by atoms with Gasteiger partial charge in [-0.2, -0.15) is 0 Å². The van der Waals surface area contributed by atoms with Gasteiger partial charge in [0, 0.05) is 0 Å². The first-order valence-electron chi connectivity index (χ1n) is 2.12. The maximum absolute atomic E-state index is 3.45. The Bertz CT molecular complexity index is 37.3. The molecule has 0 aliphatic carbocycles. The first kappa shape index (κ1) is 7.02. The normalized spacial score (nSPS) is 12.0. The monoisotopic (exact) mass is 212 g/mol. The molecule has 0 aliphatic heterocycles. The summed E-state index contributed by atoms with van der Waals surface area (Å²) in [7, 11) is 0. The Morgan fingerprint density at radius 1 is 1.33 bits per heavy atom. The van der Waals surface area contributed by atoms with Gasteiger partial charge in [-0.1, -0.05) is 0 Å². The topological polar surface area (TPSA) is 0 Å². The van der Waals surface area contributed by atoms with E-state index in [0.29, 0.717) is 0 Å². The van der Waals surface area contributed by atoms with E-state index >= 15 is 0 Å². The Morgan fingerprint density at radius 2 is 1.50 bits per heavy atom. The van der Waals surface area contributed by atoms with Gasteiger partial charge in [-0.15, -0.1) is 0 Å².